The number of amides is 1. The van der Waals surface area contributed by atoms with Crippen LogP contribution < -0.4 is 0 Å². The number of carbonyl (C=O) groups excluding carboxylic acids is 2. The standard InChI is InChI=1S/C10H8NO3/c12-8-11-6-10(13)14-7-9-4-2-1-3-5-9/h1-6H,7H2/b11-6+. The predicted octanol–water partition coefficient (Wildman–Crippen LogP) is 0.868. The van der Waals surface area contributed by atoms with Crippen molar-refractivity contribution >= 4 is 18.6 Å². The highest BCUT2D eigenvalue weighted by Crippen LogP contribution is 1.99. The van der Waals surface area contributed by atoms with Crippen LogP contribution in [0.25, 0.3) is 0 Å². The van der Waals surface area contributed by atoms with Gasteiger partial charge in [0, 0.05) is 0 Å². The first-order valence-corrected chi connectivity index (χ1v) is 3.94. The van der Waals surface area contributed by atoms with Crippen LogP contribution in [-0.4, -0.2) is 18.6 Å². The molecule has 0 spiro atoms. The van der Waals surface area contributed by atoms with E-state index in [4.69, 9.17) is 4.74 Å². The Balaban J connectivity index is 2.38. The zero-order valence-electron chi connectivity index (χ0n) is 7.34. The van der Waals surface area contributed by atoms with Crippen molar-refractivity contribution < 1.29 is 14.3 Å². The van der Waals surface area contributed by atoms with Gasteiger partial charge in [0.1, 0.15) is 12.8 Å². The molecule has 0 aromatic heterocycles. The largest absolute Gasteiger partial charge is 0.457 e. The van der Waals surface area contributed by atoms with Crippen molar-refractivity contribution in [2.75, 3.05) is 0 Å². The molecule has 0 saturated heterocycles. The van der Waals surface area contributed by atoms with Gasteiger partial charge in [0.25, 0.3) is 0 Å². The predicted molar refractivity (Wildman–Crippen MR) is 50.4 cm³/mol. The van der Waals surface area contributed by atoms with E-state index in [1.807, 2.05) is 30.3 Å². The number of hydrogen-bond donors (Lipinski definition) is 0. The normalized spacial score (nSPS) is 10.0. The fraction of sp³-hybridized carbons (Fsp3) is 0.100. The van der Waals surface area contributed by atoms with Crippen LogP contribution in [0.3, 0.4) is 0 Å². The Kier molecular flexibility index (Phi) is 4.07. The van der Waals surface area contributed by atoms with E-state index in [0.29, 0.717) is 0 Å². The molecular formula is C10H8NO3. The van der Waals surface area contributed by atoms with E-state index in [1.165, 1.54) is 6.41 Å². The molecule has 1 rings (SSSR count). The summed E-state index contributed by atoms with van der Waals surface area (Å²) < 4.78 is 4.76. The number of hydrogen-bond acceptors (Lipinski definition) is 3. The summed E-state index contributed by atoms with van der Waals surface area (Å²) in [5.74, 6) is -0.655. The molecule has 1 radical (unpaired) electrons. The van der Waals surface area contributed by atoms with Gasteiger partial charge in [-0.1, -0.05) is 30.3 Å². The van der Waals surface area contributed by atoms with E-state index < -0.39 is 5.97 Å². The molecule has 0 unspecified atom stereocenters. The van der Waals surface area contributed by atoms with Crippen LogP contribution in [0.1, 0.15) is 5.56 Å². The summed E-state index contributed by atoms with van der Waals surface area (Å²) >= 11 is 0. The first kappa shape index (κ1) is 10.1. The molecule has 1 aromatic rings. The summed E-state index contributed by atoms with van der Waals surface area (Å²) in [6.07, 6.45) is 2.00. The molecule has 0 aliphatic carbocycles. The summed E-state index contributed by atoms with van der Waals surface area (Å²) in [5, 5.41) is 0. The first-order valence-electron chi connectivity index (χ1n) is 3.94. The molecule has 0 aliphatic heterocycles. The Morgan fingerprint density at radius 1 is 1.43 bits per heavy atom. The second kappa shape index (κ2) is 5.64. The van der Waals surface area contributed by atoms with Crippen LogP contribution in [0.4, 0.5) is 0 Å². The van der Waals surface area contributed by atoms with Crippen molar-refractivity contribution in [3.05, 3.63) is 35.9 Å². The molecule has 0 fully saturated rings. The third-order valence-electron chi connectivity index (χ3n) is 1.45. The van der Waals surface area contributed by atoms with Gasteiger partial charge < -0.3 is 4.74 Å². The van der Waals surface area contributed by atoms with Crippen molar-refractivity contribution in [1.82, 2.24) is 0 Å². The number of benzene rings is 1. The molecule has 1 aromatic carbocycles. The molecule has 71 valence electrons. The zero-order chi connectivity index (χ0) is 10.2. The zero-order valence-corrected chi connectivity index (χ0v) is 7.34. The average Bonchev–Trinajstić information content (AvgIpc) is 2.25. The molecule has 1 amide bonds. The van der Waals surface area contributed by atoms with E-state index in [-0.39, 0.29) is 6.61 Å². The Bertz CT molecular complexity index is 332. The maximum atomic E-state index is 10.8. The summed E-state index contributed by atoms with van der Waals surface area (Å²) in [4.78, 5) is 23.5. The number of rotatable bonds is 4. The Morgan fingerprint density at radius 3 is 2.79 bits per heavy atom. The number of esters is 1. The number of nitrogens with zero attached hydrogens (tertiary/aromatic N) is 1. The second-order valence-corrected chi connectivity index (χ2v) is 2.44. The number of ether oxygens (including phenoxy) is 1. The van der Waals surface area contributed by atoms with Crippen LogP contribution in [0, 0.1) is 0 Å². The van der Waals surface area contributed by atoms with E-state index in [1.54, 1.807) is 0 Å². The van der Waals surface area contributed by atoms with Gasteiger partial charge in [-0.25, -0.2) is 9.79 Å². The highest BCUT2D eigenvalue weighted by atomic mass is 16.5. The van der Waals surface area contributed by atoms with Crippen molar-refractivity contribution in [2.24, 2.45) is 4.99 Å². The Morgan fingerprint density at radius 2 is 2.14 bits per heavy atom. The SMILES string of the molecule is O=[C]/N=C/C(=O)OCc1ccccc1. The topological polar surface area (TPSA) is 55.7 Å². The molecule has 14 heavy (non-hydrogen) atoms. The Labute approximate surface area is 81.2 Å². The highest BCUT2D eigenvalue weighted by Gasteiger charge is 1.97. The molecule has 0 saturated carbocycles. The fourth-order valence-corrected chi connectivity index (χ4v) is 0.845. The molecule has 4 nitrogen and oxygen atoms in total. The lowest BCUT2D eigenvalue weighted by Crippen LogP contribution is -2.05. The van der Waals surface area contributed by atoms with E-state index in [2.05, 4.69) is 4.99 Å². The van der Waals surface area contributed by atoms with Gasteiger partial charge in [0.05, 0.1) is 0 Å². The number of carbonyl (C=O) groups is 1. The molecular weight excluding hydrogens is 182 g/mol. The van der Waals surface area contributed by atoms with Gasteiger partial charge >= 0.3 is 12.4 Å². The van der Waals surface area contributed by atoms with Crippen LogP contribution in [0.15, 0.2) is 35.3 Å². The third kappa shape index (κ3) is 3.62. The van der Waals surface area contributed by atoms with Gasteiger partial charge in [-0.2, -0.15) is 0 Å². The van der Waals surface area contributed by atoms with Crippen LogP contribution in [0.2, 0.25) is 0 Å². The fourth-order valence-electron chi connectivity index (χ4n) is 0.845. The minimum atomic E-state index is -0.655. The quantitative estimate of drug-likeness (QED) is 0.522. The minimum absolute atomic E-state index is 0.171. The molecule has 0 atom stereocenters. The first-order chi connectivity index (χ1) is 6.83. The minimum Gasteiger partial charge on any atom is -0.457 e. The highest BCUT2D eigenvalue weighted by molar-refractivity contribution is 6.24. The monoisotopic (exact) mass is 190 g/mol. The van der Waals surface area contributed by atoms with Gasteiger partial charge in [-0.05, 0) is 5.56 Å². The molecule has 0 heterocycles. The number of aliphatic imine (C=N–C) groups is 1. The van der Waals surface area contributed by atoms with Crippen LogP contribution >= 0.6 is 0 Å². The van der Waals surface area contributed by atoms with Crippen molar-refractivity contribution in [1.29, 1.82) is 0 Å². The molecule has 0 N–H and O–H groups in total. The second-order valence-electron chi connectivity index (χ2n) is 2.44. The van der Waals surface area contributed by atoms with E-state index >= 15 is 0 Å². The smallest absolute Gasteiger partial charge is 0.349 e. The maximum Gasteiger partial charge on any atom is 0.349 e. The summed E-state index contributed by atoms with van der Waals surface area (Å²) in [6, 6.07) is 9.22. The van der Waals surface area contributed by atoms with Gasteiger partial charge in [-0.15, -0.1) is 0 Å². The molecule has 0 aliphatic rings. The van der Waals surface area contributed by atoms with E-state index in [9.17, 15) is 9.59 Å². The van der Waals surface area contributed by atoms with Crippen molar-refractivity contribution in [2.45, 2.75) is 6.61 Å². The molecule has 4 heteroatoms. The van der Waals surface area contributed by atoms with Gasteiger partial charge in [0.2, 0.25) is 0 Å². The van der Waals surface area contributed by atoms with E-state index in [0.717, 1.165) is 11.8 Å². The lowest BCUT2D eigenvalue weighted by Gasteiger charge is -2.00. The van der Waals surface area contributed by atoms with Gasteiger partial charge in [-0.3, -0.25) is 4.79 Å². The van der Waals surface area contributed by atoms with Crippen molar-refractivity contribution in [3.63, 3.8) is 0 Å². The summed E-state index contributed by atoms with van der Waals surface area (Å²) in [6.45, 7) is 0.171. The van der Waals surface area contributed by atoms with Crippen LogP contribution in [-0.2, 0) is 20.9 Å². The lowest BCUT2D eigenvalue weighted by atomic mass is 10.2. The summed E-state index contributed by atoms with van der Waals surface area (Å²) in [7, 11) is 0. The van der Waals surface area contributed by atoms with Gasteiger partial charge in [0.15, 0.2) is 0 Å². The maximum absolute atomic E-state index is 10.8. The van der Waals surface area contributed by atoms with Crippen LogP contribution in [0.5, 0.6) is 0 Å². The Hall–Kier alpha value is -1.97. The average molecular weight is 190 g/mol. The lowest BCUT2D eigenvalue weighted by molar-refractivity contribution is -0.136. The summed E-state index contributed by atoms with van der Waals surface area (Å²) in [5.41, 5.74) is 0.879. The van der Waals surface area contributed by atoms with Crippen molar-refractivity contribution in [3.8, 4) is 0 Å². The molecule has 0 bridgehead atoms. The third-order valence-corrected chi connectivity index (χ3v) is 1.45.